The summed E-state index contributed by atoms with van der Waals surface area (Å²) >= 11 is 9.98. The van der Waals surface area contributed by atoms with Crippen molar-refractivity contribution >= 4 is 44.9 Å². The van der Waals surface area contributed by atoms with Crippen molar-refractivity contribution in [1.29, 1.82) is 0 Å². The normalized spacial score (nSPS) is 17.2. The number of thioether (sulfide) groups is 1. The lowest BCUT2D eigenvalue weighted by Gasteiger charge is -2.17. The predicted octanol–water partition coefficient (Wildman–Crippen LogP) is 6.07. The summed E-state index contributed by atoms with van der Waals surface area (Å²) in [5.74, 6) is 1.62. The van der Waals surface area contributed by atoms with E-state index in [4.69, 9.17) is 16.6 Å². The summed E-state index contributed by atoms with van der Waals surface area (Å²) in [7, 11) is 0. The van der Waals surface area contributed by atoms with E-state index in [1.165, 1.54) is 28.0 Å². The van der Waals surface area contributed by atoms with Crippen LogP contribution in [0.15, 0.2) is 29.4 Å². The Kier molecular flexibility index (Phi) is 4.54. The number of rotatable bonds is 3. The van der Waals surface area contributed by atoms with Gasteiger partial charge in [-0.2, -0.15) is 0 Å². The van der Waals surface area contributed by atoms with Gasteiger partial charge in [0.25, 0.3) is 0 Å². The van der Waals surface area contributed by atoms with Crippen LogP contribution in [0, 0.1) is 12.8 Å². The molecule has 2 aromatic heterocycles. The molecule has 1 unspecified atom stereocenters. The Labute approximate surface area is 155 Å². The molecule has 0 saturated heterocycles. The molecule has 0 saturated carbocycles. The highest BCUT2D eigenvalue weighted by atomic mass is 35.5. The monoisotopic (exact) mass is 374 g/mol. The largest absolute Gasteiger partial charge is 0.211 e. The minimum atomic E-state index is 0.624. The van der Waals surface area contributed by atoms with Crippen LogP contribution in [0.4, 0.5) is 0 Å². The van der Waals surface area contributed by atoms with Crippen LogP contribution < -0.4 is 0 Å². The van der Waals surface area contributed by atoms with E-state index >= 15 is 0 Å². The van der Waals surface area contributed by atoms with Crippen LogP contribution in [0.25, 0.3) is 10.2 Å². The maximum atomic E-state index is 6.52. The minimum absolute atomic E-state index is 0.624. The van der Waals surface area contributed by atoms with Crippen LogP contribution in [-0.4, -0.2) is 9.97 Å². The molecule has 1 aliphatic rings. The van der Waals surface area contributed by atoms with Gasteiger partial charge in [0.1, 0.15) is 9.98 Å². The van der Waals surface area contributed by atoms with Gasteiger partial charge in [-0.1, -0.05) is 60.1 Å². The zero-order valence-electron chi connectivity index (χ0n) is 13.8. The first-order valence-electron chi connectivity index (χ1n) is 8.26. The fourth-order valence-corrected chi connectivity index (χ4v) is 5.81. The third-order valence-electron chi connectivity index (χ3n) is 4.58. The first-order valence-corrected chi connectivity index (χ1v) is 10.4. The number of hydrogen-bond donors (Lipinski definition) is 0. The molecule has 0 aliphatic heterocycles. The van der Waals surface area contributed by atoms with E-state index in [0.717, 1.165) is 39.9 Å². The maximum absolute atomic E-state index is 6.52. The average Bonchev–Trinajstić information content (AvgIpc) is 2.92. The second-order valence-electron chi connectivity index (χ2n) is 6.60. The lowest BCUT2D eigenvalue weighted by molar-refractivity contribution is 0.509. The Morgan fingerprint density at radius 1 is 1.25 bits per heavy atom. The second-order valence-corrected chi connectivity index (χ2v) is 8.99. The van der Waals surface area contributed by atoms with Gasteiger partial charge in [-0.05, 0) is 43.2 Å². The summed E-state index contributed by atoms with van der Waals surface area (Å²) < 4.78 is 0. The lowest BCUT2D eigenvalue weighted by Crippen LogP contribution is -2.08. The number of thiophene rings is 1. The van der Waals surface area contributed by atoms with Crippen LogP contribution in [-0.2, 0) is 18.6 Å². The van der Waals surface area contributed by atoms with Crippen LogP contribution in [0.2, 0.25) is 5.15 Å². The highest BCUT2D eigenvalue weighted by molar-refractivity contribution is 7.98. The molecular formula is C19H19ClN2S2. The minimum Gasteiger partial charge on any atom is -0.211 e. The maximum Gasteiger partial charge on any atom is 0.190 e. The molecule has 24 heavy (non-hydrogen) atoms. The molecular weight excluding hydrogens is 356 g/mol. The SMILES string of the molecule is Cc1ccc(CSc2nc(Cl)c3c4c(sc3n2)CC(C)CC4)cc1. The van der Waals surface area contributed by atoms with Gasteiger partial charge < -0.3 is 0 Å². The molecule has 0 N–H and O–H groups in total. The molecule has 0 amide bonds. The highest BCUT2D eigenvalue weighted by Gasteiger charge is 2.23. The molecule has 2 heterocycles. The van der Waals surface area contributed by atoms with Gasteiger partial charge in [0.15, 0.2) is 5.16 Å². The number of fused-ring (bicyclic) bond motifs is 3. The summed E-state index contributed by atoms with van der Waals surface area (Å²) in [5, 5.41) is 2.50. The van der Waals surface area contributed by atoms with Crippen LogP contribution in [0.3, 0.4) is 0 Å². The third-order valence-corrected chi connectivity index (χ3v) is 6.92. The van der Waals surface area contributed by atoms with Gasteiger partial charge in [-0.25, -0.2) is 9.97 Å². The van der Waals surface area contributed by atoms with E-state index in [2.05, 4.69) is 43.1 Å². The van der Waals surface area contributed by atoms with E-state index in [9.17, 15) is 0 Å². The van der Waals surface area contributed by atoms with Crippen molar-refractivity contribution in [3.63, 3.8) is 0 Å². The van der Waals surface area contributed by atoms with E-state index < -0.39 is 0 Å². The fraction of sp³-hybridized carbons (Fsp3) is 0.368. The Morgan fingerprint density at radius 3 is 2.83 bits per heavy atom. The van der Waals surface area contributed by atoms with Gasteiger partial charge in [-0.3, -0.25) is 0 Å². The number of halogens is 1. The Bertz CT molecular complexity index is 887. The van der Waals surface area contributed by atoms with Crippen molar-refractivity contribution in [3.8, 4) is 0 Å². The van der Waals surface area contributed by atoms with E-state index in [-0.39, 0.29) is 0 Å². The number of nitrogens with zero attached hydrogens (tertiary/aromatic N) is 2. The molecule has 1 aromatic carbocycles. The molecule has 124 valence electrons. The molecule has 0 bridgehead atoms. The van der Waals surface area contributed by atoms with Crippen molar-refractivity contribution in [2.45, 2.75) is 44.0 Å². The smallest absolute Gasteiger partial charge is 0.190 e. The van der Waals surface area contributed by atoms with Gasteiger partial charge in [0.05, 0.1) is 5.39 Å². The van der Waals surface area contributed by atoms with Crippen LogP contribution in [0.5, 0.6) is 0 Å². The lowest BCUT2D eigenvalue weighted by atomic mass is 9.89. The highest BCUT2D eigenvalue weighted by Crippen LogP contribution is 2.40. The summed E-state index contributed by atoms with van der Waals surface area (Å²) in [6.07, 6.45) is 3.49. The zero-order valence-corrected chi connectivity index (χ0v) is 16.2. The van der Waals surface area contributed by atoms with Crippen molar-refractivity contribution in [3.05, 3.63) is 51.0 Å². The van der Waals surface area contributed by atoms with Crippen LogP contribution >= 0.6 is 34.7 Å². The summed E-state index contributed by atoms with van der Waals surface area (Å²) in [4.78, 5) is 11.9. The van der Waals surface area contributed by atoms with Crippen molar-refractivity contribution in [2.75, 3.05) is 0 Å². The summed E-state index contributed by atoms with van der Waals surface area (Å²) in [6, 6.07) is 8.60. The van der Waals surface area contributed by atoms with E-state index in [1.54, 1.807) is 23.1 Å². The molecule has 5 heteroatoms. The Hall–Kier alpha value is -1.10. The van der Waals surface area contributed by atoms with Gasteiger partial charge >= 0.3 is 0 Å². The van der Waals surface area contributed by atoms with Crippen molar-refractivity contribution in [2.24, 2.45) is 5.92 Å². The predicted molar refractivity (Wildman–Crippen MR) is 104 cm³/mol. The Balaban J connectivity index is 1.62. The number of benzene rings is 1. The van der Waals surface area contributed by atoms with E-state index in [0.29, 0.717) is 5.15 Å². The van der Waals surface area contributed by atoms with E-state index in [1.807, 2.05) is 0 Å². The number of aryl methyl sites for hydroxylation is 2. The molecule has 0 spiro atoms. The molecule has 3 aromatic rings. The zero-order chi connectivity index (χ0) is 16.7. The fourth-order valence-electron chi connectivity index (χ4n) is 3.18. The van der Waals surface area contributed by atoms with Crippen LogP contribution in [0.1, 0.15) is 34.9 Å². The van der Waals surface area contributed by atoms with Gasteiger partial charge in [0.2, 0.25) is 0 Å². The molecule has 2 nitrogen and oxygen atoms in total. The number of hydrogen-bond acceptors (Lipinski definition) is 4. The topological polar surface area (TPSA) is 25.8 Å². The van der Waals surface area contributed by atoms with Crippen molar-refractivity contribution in [1.82, 2.24) is 9.97 Å². The average molecular weight is 375 g/mol. The van der Waals surface area contributed by atoms with Gasteiger partial charge in [-0.15, -0.1) is 11.3 Å². The molecule has 1 atom stereocenters. The molecule has 1 aliphatic carbocycles. The first kappa shape index (κ1) is 16.4. The standard InChI is InChI=1S/C19H19ClN2S2/c1-11-3-6-13(7-4-11)10-23-19-21-17(20)16-14-8-5-12(2)9-15(14)24-18(16)22-19/h3-4,6-7,12H,5,8-10H2,1-2H3. The third kappa shape index (κ3) is 3.19. The Morgan fingerprint density at radius 2 is 2.04 bits per heavy atom. The first-order chi connectivity index (χ1) is 11.6. The molecule has 4 rings (SSSR count). The number of aromatic nitrogens is 2. The molecule has 0 fully saturated rings. The summed E-state index contributed by atoms with van der Waals surface area (Å²) in [5.41, 5.74) is 3.96. The molecule has 0 radical (unpaired) electrons. The quantitative estimate of drug-likeness (QED) is 0.316. The second kappa shape index (κ2) is 6.66. The van der Waals surface area contributed by atoms with Crippen molar-refractivity contribution < 1.29 is 0 Å². The summed E-state index contributed by atoms with van der Waals surface area (Å²) in [6.45, 7) is 4.43. The van der Waals surface area contributed by atoms with Gasteiger partial charge in [0, 0.05) is 10.6 Å².